The largest absolute Gasteiger partial charge is 0.328 e. The molecule has 8 nitrogen and oxygen atoms in total. The van der Waals surface area contributed by atoms with Gasteiger partial charge in [-0.05, 0) is 34.7 Å². The lowest BCUT2D eigenvalue weighted by Crippen LogP contribution is -2.21. The molecule has 0 aliphatic heterocycles. The number of H-pyrrole nitrogens is 1. The summed E-state index contributed by atoms with van der Waals surface area (Å²) in [6, 6.07) is 16.8. The molecule has 0 bridgehead atoms. The monoisotopic (exact) mass is 430 g/mol. The molecule has 166 valence electrons. The van der Waals surface area contributed by atoms with E-state index in [9.17, 15) is 0 Å². The van der Waals surface area contributed by atoms with Gasteiger partial charge in [-0.2, -0.15) is 10.3 Å². The molecule has 0 saturated carbocycles. The molecular formula is C24H30N8. The van der Waals surface area contributed by atoms with E-state index in [1.54, 1.807) is 0 Å². The van der Waals surface area contributed by atoms with Crippen molar-refractivity contribution < 1.29 is 0 Å². The fraction of sp³-hybridized carbons (Fsp3) is 0.375. The average molecular weight is 431 g/mol. The summed E-state index contributed by atoms with van der Waals surface area (Å²) in [6.45, 7) is 4.95. The van der Waals surface area contributed by atoms with Crippen LogP contribution in [0.1, 0.15) is 50.3 Å². The molecule has 3 N–H and O–H groups in total. The minimum atomic E-state index is 0.216. The van der Waals surface area contributed by atoms with Gasteiger partial charge in [0.05, 0.1) is 6.54 Å². The Balaban J connectivity index is 1.52. The number of aromatic amines is 1. The molecule has 0 aliphatic carbocycles. The first-order valence-corrected chi connectivity index (χ1v) is 11.3. The Labute approximate surface area is 188 Å². The molecule has 1 unspecified atom stereocenters. The van der Waals surface area contributed by atoms with Crippen molar-refractivity contribution in [1.29, 1.82) is 0 Å². The average Bonchev–Trinajstić information content (AvgIpc) is 3.49. The van der Waals surface area contributed by atoms with E-state index in [0.717, 1.165) is 60.4 Å². The van der Waals surface area contributed by atoms with Gasteiger partial charge in [0.2, 0.25) is 5.82 Å². The number of benzene rings is 2. The van der Waals surface area contributed by atoms with E-state index in [1.165, 1.54) is 5.56 Å². The first-order chi connectivity index (χ1) is 15.7. The van der Waals surface area contributed by atoms with Gasteiger partial charge < -0.3 is 5.73 Å². The van der Waals surface area contributed by atoms with Crippen molar-refractivity contribution in [2.45, 2.75) is 58.5 Å². The molecule has 2 aromatic carbocycles. The summed E-state index contributed by atoms with van der Waals surface area (Å²) in [5.41, 5.74) is 10.5. The van der Waals surface area contributed by atoms with Crippen molar-refractivity contribution in [2.24, 2.45) is 5.73 Å². The number of hydrogen-bond acceptors (Lipinski definition) is 6. The van der Waals surface area contributed by atoms with Crippen molar-refractivity contribution >= 4 is 0 Å². The third-order valence-electron chi connectivity index (χ3n) is 5.62. The third-order valence-corrected chi connectivity index (χ3v) is 5.62. The predicted molar refractivity (Wildman–Crippen MR) is 125 cm³/mol. The minimum absolute atomic E-state index is 0.216. The molecule has 2 heterocycles. The van der Waals surface area contributed by atoms with E-state index in [1.807, 2.05) is 22.9 Å². The summed E-state index contributed by atoms with van der Waals surface area (Å²) in [4.78, 5) is 4.74. The highest BCUT2D eigenvalue weighted by Crippen LogP contribution is 2.29. The summed E-state index contributed by atoms with van der Waals surface area (Å²) in [5.74, 6) is 2.49. The Kier molecular flexibility index (Phi) is 7.01. The van der Waals surface area contributed by atoms with E-state index in [2.05, 4.69) is 64.8 Å². The lowest BCUT2D eigenvalue weighted by atomic mass is 9.98. The molecule has 32 heavy (non-hydrogen) atoms. The number of tetrazole rings is 1. The van der Waals surface area contributed by atoms with Crippen LogP contribution in [0.2, 0.25) is 0 Å². The zero-order chi connectivity index (χ0) is 22.3. The fourth-order valence-corrected chi connectivity index (χ4v) is 3.89. The summed E-state index contributed by atoms with van der Waals surface area (Å²) < 4.78 is 2.03. The predicted octanol–water partition coefficient (Wildman–Crippen LogP) is 3.80. The van der Waals surface area contributed by atoms with Gasteiger partial charge in [-0.1, -0.05) is 68.8 Å². The Hall–Kier alpha value is -3.39. The second kappa shape index (κ2) is 10.3. The number of nitrogens with two attached hydrogens (primary N) is 1. The summed E-state index contributed by atoms with van der Waals surface area (Å²) in [5, 5.41) is 19.2. The SMILES string of the molecule is CCCC(N)CCc1nc(CC)nn1Cc1ccc(-c2ccccc2-c2nn[nH]n2)cc1. The van der Waals surface area contributed by atoms with Gasteiger partial charge in [0.25, 0.3) is 0 Å². The summed E-state index contributed by atoms with van der Waals surface area (Å²) >= 11 is 0. The highest BCUT2D eigenvalue weighted by Gasteiger charge is 2.13. The van der Waals surface area contributed by atoms with Gasteiger partial charge in [0.15, 0.2) is 5.82 Å². The van der Waals surface area contributed by atoms with Crippen molar-refractivity contribution in [2.75, 3.05) is 0 Å². The molecule has 0 spiro atoms. The topological polar surface area (TPSA) is 111 Å². The number of aromatic nitrogens is 7. The molecule has 0 saturated heterocycles. The molecular weight excluding hydrogens is 400 g/mol. The lowest BCUT2D eigenvalue weighted by molar-refractivity contribution is 0.535. The number of aryl methyl sites for hydroxylation is 2. The third kappa shape index (κ3) is 5.08. The first kappa shape index (κ1) is 21.8. The quantitative estimate of drug-likeness (QED) is 0.396. The van der Waals surface area contributed by atoms with E-state index >= 15 is 0 Å². The van der Waals surface area contributed by atoms with E-state index in [-0.39, 0.29) is 6.04 Å². The molecule has 0 amide bonds. The van der Waals surface area contributed by atoms with E-state index in [0.29, 0.717) is 12.4 Å². The lowest BCUT2D eigenvalue weighted by Gasteiger charge is -2.11. The van der Waals surface area contributed by atoms with Crippen LogP contribution in [0.15, 0.2) is 48.5 Å². The highest BCUT2D eigenvalue weighted by molar-refractivity contribution is 5.80. The molecule has 8 heteroatoms. The minimum Gasteiger partial charge on any atom is -0.328 e. The zero-order valence-corrected chi connectivity index (χ0v) is 18.7. The molecule has 0 aliphatic rings. The maximum absolute atomic E-state index is 6.22. The Morgan fingerprint density at radius 1 is 1.00 bits per heavy atom. The molecule has 0 fully saturated rings. The van der Waals surface area contributed by atoms with Crippen molar-refractivity contribution in [1.82, 2.24) is 35.4 Å². The standard InChI is InChI=1S/C24H30N8/c1-3-7-19(25)14-15-23-26-22(4-2)29-32(23)16-17-10-12-18(13-11-17)20-8-5-6-9-21(20)24-27-30-31-28-24/h5-6,8-13,19H,3-4,7,14-16,25H2,1-2H3,(H,27,28,30,31). The maximum Gasteiger partial charge on any atom is 0.205 e. The summed E-state index contributed by atoms with van der Waals surface area (Å²) in [6.07, 6.45) is 4.76. The Bertz CT molecular complexity index is 1120. The van der Waals surface area contributed by atoms with Gasteiger partial charge >= 0.3 is 0 Å². The van der Waals surface area contributed by atoms with Gasteiger partial charge in [0, 0.05) is 24.4 Å². The number of nitrogens with zero attached hydrogens (tertiary/aromatic N) is 6. The number of hydrogen-bond donors (Lipinski definition) is 2. The molecule has 1 atom stereocenters. The Morgan fingerprint density at radius 2 is 1.78 bits per heavy atom. The highest BCUT2D eigenvalue weighted by atomic mass is 15.5. The molecule has 0 radical (unpaired) electrons. The van der Waals surface area contributed by atoms with Crippen LogP contribution in [0, 0.1) is 0 Å². The van der Waals surface area contributed by atoms with Crippen LogP contribution >= 0.6 is 0 Å². The maximum atomic E-state index is 6.22. The van der Waals surface area contributed by atoms with Crippen LogP contribution < -0.4 is 5.73 Å². The Morgan fingerprint density at radius 3 is 2.47 bits per heavy atom. The van der Waals surface area contributed by atoms with Crippen LogP contribution in [0.5, 0.6) is 0 Å². The van der Waals surface area contributed by atoms with E-state index in [4.69, 9.17) is 15.8 Å². The van der Waals surface area contributed by atoms with Crippen LogP contribution in [-0.4, -0.2) is 41.4 Å². The van der Waals surface area contributed by atoms with Gasteiger partial charge in [-0.25, -0.2) is 9.67 Å². The van der Waals surface area contributed by atoms with Gasteiger partial charge in [0.1, 0.15) is 5.82 Å². The molecule has 2 aromatic heterocycles. The van der Waals surface area contributed by atoms with Crippen LogP contribution in [0.25, 0.3) is 22.5 Å². The van der Waals surface area contributed by atoms with Crippen LogP contribution in [0.3, 0.4) is 0 Å². The summed E-state index contributed by atoms with van der Waals surface area (Å²) in [7, 11) is 0. The van der Waals surface area contributed by atoms with Gasteiger partial charge in [-0.15, -0.1) is 10.2 Å². The first-order valence-electron chi connectivity index (χ1n) is 11.3. The number of rotatable bonds is 10. The fourth-order valence-electron chi connectivity index (χ4n) is 3.89. The van der Waals surface area contributed by atoms with Crippen LogP contribution in [-0.2, 0) is 19.4 Å². The zero-order valence-electron chi connectivity index (χ0n) is 18.7. The molecule has 4 aromatic rings. The smallest absolute Gasteiger partial charge is 0.205 e. The van der Waals surface area contributed by atoms with Crippen molar-refractivity contribution in [3.63, 3.8) is 0 Å². The van der Waals surface area contributed by atoms with E-state index < -0.39 is 0 Å². The van der Waals surface area contributed by atoms with Gasteiger partial charge in [-0.3, -0.25) is 0 Å². The van der Waals surface area contributed by atoms with Crippen molar-refractivity contribution in [3.8, 4) is 22.5 Å². The second-order valence-electron chi connectivity index (χ2n) is 8.02. The second-order valence-corrected chi connectivity index (χ2v) is 8.02. The van der Waals surface area contributed by atoms with Crippen molar-refractivity contribution in [3.05, 3.63) is 65.7 Å². The normalized spacial score (nSPS) is 12.2. The van der Waals surface area contributed by atoms with Crippen LogP contribution in [0.4, 0.5) is 0 Å². The number of nitrogens with one attached hydrogen (secondary N) is 1. The molecule has 4 rings (SSSR count).